The Morgan fingerprint density at radius 2 is 2.00 bits per heavy atom. The molecule has 0 saturated carbocycles. The van der Waals surface area contributed by atoms with Gasteiger partial charge in [-0.1, -0.05) is 13.8 Å². The van der Waals surface area contributed by atoms with Crippen LogP contribution in [0.3, 0.4) is 0 Å². The van der Waals surface area contributed by atoms with E-state index in [-0.39, 0.29) is 17.4 Å². The van der Waals surface area contributed by atoms with E-state index in [1.807, 2.05) is 13.8 Å². The number of aryl methyl sites for hydroxylation is 1. The van der Waals surface area contributed by atoms with Crippen molar-refractivity contribution in [1.29, 1.82) is 0 Å². The van der Waals surface area contributed by atoms with E-state index in [0.29, 0.717) is 10.0 Å². The summed E-state index contributed by atoms with van der Waals surface area (Å²) in [4.78, 5) is 0. The summed E-state index contributed by atoms with van der Waals surface area (Å²) in [6, 6.07) is 2.72. The Kier molecular flexibility index (Phi) is 4.55. The Hall–Kier alpha value is -0.620. The summed E-state index contributed by atoms with van der Waals surface area (Å²) >= 11 is 3.05. The van der Waals surface area contributed by atoms with Crippen LogP contribution in [0.15, 0.2) is 16.6 Å². The third kappa shape index (κ3) is 4.27. The monoisotopic (exact) mass is 323 g/mol. The summed E-state index contributed by atoms with van der Waals surface area (Å²) in [5, 5.41) is 0. The fourth-order valence-corrected chi connectivity index (χ4v) is 3.38. The minimum Gasteiger partial charge on any atom is -0.283 e. The van der Waals surface area contributed by atoms with E-state index in [1.54, 1.807) is 13.0 Å². The molecule has 17 heavy (non-hydrogen) atoms. The van der Waals surface area contributed by atoms with Gasteiger partial charge in [0.15, 0.2) is 0 Å². The molecule has 1 rings (SSSR count). The van der Waals surface area contributed by atoms with Gasteiger partial charge in [-0.2, -0.15) is 0 Å². The van der Waals surface area contributed by atoms with E-state index in [0.717, 1.165) is 0 Å². The largest absolute Gasteiger partial charge is 0.283 e. The van der Waals surface area contributed by atoms with Gasteiger partial charge in [0, 0.05) is 0 Å². The summed E-state index contributed by atoms with van der Waals surface area (Å²) in [6.45, 7) is 5.35. The van der Waals surface area contributed by atoms with Crippen molar-refractivity contribution >= 4 is 31.6 Å². The molecule has 0 atom stereocenters. The molecule has 0 aliphatic carbocycles. The molecule has 0 spiro atoms. The zero-order valence-corrected chi connectivity index (χ0v) is 12.3. The second-order valence-electron chi connectivity index (χ2n) is 4.36. The molecule has 0 fully saturated rings. The first-order valence-electron chi connectivity index (χ1n) is 5.17. The predicted molar refractivity (Wildman–Crippen MR) is 71.1 cm³/mol. The molecule has 0 aromatic heterocycles. The van der Waals surface area contributed by atoms with Gasteiger partial charge >= 0.3 is 0 Å². The molecule has 1 N–H and O–H groups in total. The summed E-state index contributed by atoms with van der Waals surface area (Å²) in [6.07, 6.45) is 0. The van der Waals surface area contributed by atoms with Crippen molar-refractivity contribution in [2.45, 2.75) is 20.8 Å². The number of rotatable bonds is 4. The molecular formula is C11H15BrFNO2S. The van der Waals surface area contributed by atoms with Crippen LogP contribution in [0.1, 0.15) is 19.4 Å². The Balaban J connectivity index is 3.00. The molecular weight excluding hydrogens is 309 g/mol. The van der Waals surface area contributed by atoms with Crippen LogP contribution < -0.4 is 4.72 Å². The van der Waals surface area contributed by atoms with Crippen molar-refractivity contribution in [2.24, 2.45) is 5.92 Å². The number of halogens is 2. The predicted octanol–water partition coefficient (Wildman–Crippen LogP) is 3.29. The highest BCUT2D eigenvalue weighted by atomic mass is 79.9. The molecule has 0 amide bonds. The normalized spacial score (nSPS) is 11.9. The van der Waals surface area contributed by atoms with E-state index in [2.05, 4.69) is 20.7 Å². The van der Waals surface area contributed by atoms with Crippen LogP contribution in [0.5, 0.6) is 0 Å². The Labute approximate surface area is 110 Å². The van der Waals surface area contributed by atoms with Gasteiger partial charge in [0.05, 0.1) is 15.9 Å². The third-order valence-corrected chi connectivity index (χ3v) is 4.33. The first kappa shape index (κ1) is 14.4. The number of nitrogens with one attached hydrogen (secondary N) is 1. The molecule has 3 nitrogen and oxygen atoms in total. The van der Waals surface area contributed by atoms with Crippen LogP contribution in [0.2, 0.25) is 0 Å². The summed E-state index contributed by atoms with van der Waals surface area (Å²) in [5.41, 5.74) is 0.956. The van der Waals surface area contributed by atoms with E-state index in [1.165, 1.54) is 6.07 Å². The van der Waals surface area contributed by atoms with Crippen LogP contribution in [-0.2, 0) is 10.0 Å². The minimum atomic E-state index is -3.42. The van der Waals surface area contributed by atoms with Crippen LogP contribution in [0.25, 0.3) is 0 Å². The van der Waals surface area contributed by atoms with E-state index in [4.69, 9.17) is 0 Å². The number of benzene rings is 1. The molecule has 0 heterocycles. The van der Waals surface area contributed by atoms with E-state index >= 15 is 0 Å². The van der Waals surface area contributed by atoms with E-state index in [9.17, 15) is 12.8 Å². The van der Waals surface area contributed by atoms with Gasteiger partial charge in [-0.25, -0.2) is 12.8 Å². The standard InChI is InChI=1S/C11H15BrFNO2S/c1-7(2)6-17(15,16)14-11-5-10(13)9(12)4-8(11)3/h4-5,7,14H,6H2,1-3H3. The van der Waals surface area contributed by atoms with Gasteiger partial charge in [0.2, 0.25) is 10.0 Å². The average Bonchev–Trinajstić information content (AvgIpc) is 2.11. The van der Waals surface area contributed by atoms with Crippen molar-refractivity contribution in [1.82, 2.24) is 0 Å². The van der Waals surface area contributed by atoms with Gasteiger partial charge in [0.1, 0.15) is 5.82 Å². The molecule has 0 saturated heterocycles. The highest BCUT2D eigenvalue weighted by Gasteiger charge is 2.15. The molecule has 0 bridgehead atoms. The van der Waals surface area contributed by atoms with E-state index < -0.39 is 15.8 Å². The zero-order chi connectivity index (χ0) is 13.2. The maximum atomic E-state index is 13.3. The number of hydrogen-bond donors (Lipinski definition) is 1. The lowest BCUT2D eigenvalue weighted by molar-refractivity contribution is 0.587. The third-order valence-electron chi connectivity index (χ3n) is 2.09. The molecule has 1 aromatic rings. The zero-order valence-electron chi connectivity index (χ0n) is 9.92. The van der Waals surface area contributed by atoms with Gasteiger partial charge < -0.3 is 0 Å². The Morgan fingerprint density at radius 1 is 1.41 bits per heavy atom. The maximum Gasteiger partial charge on any atom is 0.232 e. The van der Waals surface area contributed by atoms with Crippen molar-refractivity contribution < 1.29 is 12.8 Å². The van der Waals surface area contributed by atoms with Crippen LogP contribution in [0, 0.1) is 18.7 Å². The van der Waals surface area contributed by atoms with Gasteiger partial charge in [-0.05, 0) is 46.5 Å². The highest BCUT2D eigenvalue weighted by Crippen LogP contribution is 2.24. The number of anilines is 1. The van der Waals surface area contributed by atoms with Gasteiger partial charge in [-0.15, -0.1) is 0 Å². The fourth-order valence-electron chi connectivity index (χ4n) is 1.40. The van der Waals surface area contributed by atoms with Crippen molar-refractivity contribution in [3.8, 4) is 0 Å². The average molecular weight is 324 g/mol. The van der Waals surface area contributed by atoms with Crippen molar-refractivity contribution in [2.75, 3.05) is 10.5 Å². The fraction of sp³-hybridized carbons (Fsp3) is 0.455. The molecule has 0 unspecified atom stereocenters. The lowest BCUT2D eigenvalue weighted by Gasteiger charge is -2.12. The summed E-state index contributed by atoms with van der Waals surface area (Å²) in [7, 11) is -3.42. The molecule has 0 aliphatic heterocycles. The van der Waals surface area contributed by atoms with Crippen molar-refractivity contribution in [3.05, 3.63) is 28.0 Å². The molecule has 6 heteroatoms. The Bertz CT molecular complexity index is 514. The number of sulfonamides is 1. The SMILES string of the molecule is Cc1cc(Br)c(F)cc1NS(=O)(=O)CC(C)C. The van der Waals surface area contributed by atoms with Gasteiger partial charge in [0.25, 0.3) is 0 Å². The number of hydrogen-bond acceptors (Lipinski definition) is 2. The summed E-state index contributed by atoms with van der Waals surface area (Å²) in [5.74, 6) is -0.449. The smallest absolute Gasteiger partial charge is 0.232 e. The summed E-state index contributed by atoms with van der Waals surface area (Å²) < 4.78 is 39.5. The van der Waals surface area contributed by atoms with Crippen LogP contribution in [-0.4, -0.2) is 14.2 Å². The first-order chi connectivity index (χ1) is 7.71. The van der Waals surface area contributed by atoms with Crippen LogP contribution in [0.4, 0.5) is 10.1 Å². The molecule has 96 valence electrons. The van der Waals surface area contributed by atoms with Crippen LogP contribution >= 0.6 is 15.9 Å². The quantitative estimate of drug-likeness (QED) is 0.924. The Morgan fingerprint density at radius 3 is 2.53 bits per heavy atom. The first-order valence-corrected chi connectivity index (χ1v) is 7.62. The second-order valence-corrected chi connectivity index (χ2v) is 6.98. The minimum absolute atomic E-state index is 0.0180. The highest BCUT2D eigenvalue weighted by molar-refractivity contribution is 9.10. The van der Waals surface area contributed by atoms with Crippen molar-refractivity contribution in [3.63, 3.8) is 0 Å². The van der Waals surface area contributed by atoms with Gasteiger partial charge in [-0.3, -0.25) is 4.72 Å². The molecule has 1 aromatic carbocycles. The topological polar surface area (TPSA) is 46.2 Å². The lowest BCUT2D eigenvalue weighted by atomic mass is 10.2. The maximum absolute atomic E-state index is 13.3. The lowest BCUT2D eigenvalue weighted by Crippen LogP contribution is -2.20. The molecule has 0 radical (unpaired) electrons. The second kappa shape index (κ2) is 5.35. The molecule has 0 aliphatic rings.